The molecule has 0 amide bonds. The van der Waals surface area contributed by atoms with E-state index in [0.717, 1.165) is 25.7 Å². The maximum absolute atomic E-state index is 14.4. The van der Waals surface area contributed by atoms with Gasteiger partial charge in [0.05, 0.1) is 0 Å². The van der Waals surface area contributed by atoms with Crippen molar-refractivity contribution >= 4 is 0 Å². The van der Waals surface area contributed by atoms with Gasteiger partial charge in [-0.05, 0) is 24.8 Å². The van der Waals surface area contributed by atoms with Crippen LogP contribution in [0, 0.1) is 0 Å². The third-order valence-corrected chi connectivity index (χ3v) is 4.45. The van der Waals surface area contributed by atoms with Crippen molar-refractivity contribution in [3.63, 3.8) is 0 Å². The zero-order valence-corrected chi connectivity index (χ0v) is 10.9. The molecule has 2 aliphatic rings. The summed E-state index contributed by atoms with van der Waals surface area (Å²) in [6.45, 7) is 0.557. The zero-order valence-electron chi connectivity index (χ0n) is 10.9. The fourth-order valence-corrected chi connectivity index (χ4v) is 3.17. The third kappa shape index (κ3) is 2.74. The van der Waals surface area contributed by atoms with Gasteiger partial charge in [-0.2, -0.15) is 0 Å². The van der Waals surface area contributed by atoms with Crippen LogP contribution in [-0.2, 0) is 0 Å². The maximum atomic E-state index is 14.4. The Balaban J connectivity index is 1.48. The number of benzene rings is 1. The molecule has 0 aliphatic heterocycles. The van der Waals surface area contributed by atoms with Crippen molar-refractivity contribution in [3.05, 3.63) is 35.9 Å². The van der Waals surface area contributed by atoms with Crippen molar-refractivity contribution in [3.8, 4) is 0 Å². The Morgan fingerprint density at radius 1 is 1.11 bits per heavy atom. The molecule has 0 heterocycles. The standard InChI is InChI=1S/C16H22FN/c17-16(9-5-2-6-10-16)12-18-15-11-14(15)13-7-3-1-4-8-13/h1,3-4,7-8,14-15,18H,2,5-6,9-12H2/t14-,15+/m0/s1. The average molecular weight is 247 g/mol. The van der Waals surface area contributed by atoms with Crippen LogP contribution in [0.25, 0.3) is 0 Å². The number of hydrogen-bond acceptors (Lipinski definition) is 1. The number of halogens is 1. The molecule has 98 valence electrons. The Morgan fingerprint density at radius 2 is 1.83 bits per heavy atom. The fraction of sp³-hybridized carbons (Fsp3) is 0.625. The molecule has 1 aromatic rings. The van der Waals surface area contributed by atoms with E-state index in [4.69, 9.17) is 0 Å². The molecule has 2 atom stereocenters. The summed E-state index contributed by atoms with van der Waals surface area (Å²) in [5.41, 5.74) is 0.466. The molecule has 1 aromatic carbocycles. The first-order valence-corrected chi connectivity index (χ1v) is 7.24. The summed E-state index contributed by atoms with van der Waals surface area (Å²) in [6.07, 6.45) is 6.00. The normalized spacial score (nSPS) is 30.1. The summed E-state index contributed by atoms with van der Waals surface area (Å²) in [6, 6.07) is 11.1. The molecule has 0 aromatic heterocycles. The van der Waals surface area contributed by atoms with E-state index in [1.54, 1.807) is 0 Å². The molecule has 2 fully saturated rings. The van der Waals surface area contributed by atoms with E-state index in [9.17, 15) is 4.39 Å². The van der Waals surface area contributed by atoms with Crippen LogP contribution < -0.4 is 5.32 Å². The first-order valence-electron chi connectivity index (χ1n) is 7.24. The van der Waals surface area contributed by atoms with Crippen molar-refractivity contribution in [1.82, 2.24) is 5.32 Å². The first-order chi connectivity index (χ1) is 8.77. The highest BCUT2D eigenvalue weighted by molar-refractivity contribution is 5.27. The van der Waals surface area contributed by atoms with Gasteiger partial charge in [0.1, 0.15) is 5.67 Å². The van der Waals surface area contributed by atoms with Crippen LogP contribution in [0.3, 0.4) is 0 Å². The second-order valence-electron chi connectivity index (χ2n) is 5.95. The number of alkyl halides is 1. The van der Waals surface area contributed by atoms with Gasteiger partial charge in [0, 0.05) is 18.5 Å². The van der Waals surface area contributed by atoms with Crippen molar-refractivity contribution in [2.24, 2.45) is 0 Å². The highest BCUT2D eigenvalue weighted by Crippen LogP contribution is 2.41. The van der Waals surface area contributed by atoms with Gasteiger partial charge in [-0.15, -0.1) is 0 Å². The Hall–Kier alpha value is -0.890. The largest absolute Gasteiger partial charge is 0.310 e. The van der Waals surface area contributed by atoms with Gasteiger partial charge in [-0.25, -0.2) is 4.39 Å². The second-order valence-corrected chi connectivity index (χ2v) is 5.95. The van der Waals surface area contributed by atoms with Crippen molar-refractivity contribution < 1.29 is 4.39 Å². The highest BCUT2D eigenvalue weighted by atomic mass is 19.1. The molecule has 1 nitrogen and oxygen atoms in total. The second kappa shape index (κ2) is 5.00. The van der Waals surface area contributed by atoms with Crippen LogP contribution in [0.15, 0.2) is 30.3 Å². The van der Waals surface area contributed by atoms with Crippen LogP contribution in [-0.4, -0.2) is 18.3 Å². The Labute approximate surface area is 109 Å². The van der Waals surface area contributed by atoms with Crippen molar-refractivity contribution in [2.45, 2.75) is 56.2 Å². The summed E-state index contributed by atoms with van der Waals surface area (Å²) >= 11 is 0. The third-order valence-electron chi connectivity index (χ3n) is 4.45. The molecule has 0 bridgehead atoms. The van der Waals surface area contributed by atoms with Crippen molar-refractivity contribution in [2.75, 3.05) is 6.54 Å². The van der Waals surface area contributed by atoms with E-state index >= 15 is 0 Å². The lowest BCUT2D eigenvalue weighted by Crippen LogP contribution is -2.39. The molecule has 0 spiro atoms. The van der Waals surface area contributed by atoms with Crippen LogP contribution in [0.5, 0.6) is 0 Å². The van der Waals surface area contributed by atoms with Crippen LogP contribution >= 0.6 is 0 Å². The first kappa shape index (κ1) is 12.2. The average Bonchev–Trinajstić information content (AvgIpc) is 3.18. The molecule has 1 N–H and O–H groups in total. The van der Waals surface area contributed by atoms with E-state index in [1.165, 1.54) is 18.4 Å². The van der Waals surface area contributed by atoms with Crippen LogP contribution in [0.1, 0.15) is 50.0 Å². The minimum atomic E-state index is -0.928. The lowest BCUT2D eigenvalue weighted by molar-refractivity contribution is 0.105. The Morgan fingerprint density at radius 3 is 2.56 bits per heavy atom. The lowest BCUT2D eigenvalue weighted by atomic mass is 9.86. The van der Waals surface area contributed by atoms with Gasteiger partial charge < -0.3 is 5.32 Å². The molecular weight excluding hydrogens is 225 g/mol. The van der Waals surface area contributed by atoms with Gasteiger partial charge in [0.25, 0.3) is 0 Å². The molecule has 18 heavy (non-hydrogen) atoms. The van der Waals surface area contributed by atoms with Crippen LogP contribution in [0.2, 0.25) is 0 Å². The van der Waals surface area contributed by atoms with E-state index in [0.29, 0.717) is 18.5 Å². The molecular formula is C16H22FN. The Bertz CT molecular complexity index is 383. The smallest absolute Gasteiger partial charge is 0.123 e. The predicted octanol–water partition coefficient (Wildman–Crippen LogP) is 3.80. The maximum Gasteiger partial charge on any atom is 0.123 e. The van der Waals surface area contributed by atoms with Gasteiger partial charge in [-0.1, -0.05) is 49.6 Å². The molecule has 0 radical (unpaired) electrons. The van der Waals surface area contributed by atoms with E-state index < -0.39 is 5.67 Å². The zero-order chi connectivity index (χ0) is 12.4. The van der Waals surface area contributed by atoms with E-state index in [-0.39, 0.29) is 0 Å². The topological polar surface area (TPSA) is 12.0 Å². The monoisotopic (exact) mass is 247 g/mol. The minimum absolute atomic E-state index is 0.502. The minimum Gasteiger partial charge on any atom is -0.310 e. The summed E-state index contributed by atoms with van der Waals surface area (Å²) in [5.74, 6) is 0.610. The highest BCUT2D eigenvalue weighted by Gasteiger charge is 2.40. The summed E-state index contributed by atoms with van der Waals surface area (Å²) in [5, 5.41) is 3.44. The quantitative estimate of drug-likeness (QED) is 0.853. The summed E-state index contributed by atoms with van der Waals surface area (Å²) in [7, 11) is 0. The number of hydrogen-bond donors (Lipinski definition) is 1. The summed E-state index contributed by atoms with van der Waals surface area (Å²) in [4.78, 5) is 0. The SMILES string of the molecule is FC1(CN[C@@H]2C[C@H]2c2ccccc2)CCCCC1. The van der Waals surface area contributed by atoms with Gasteiger partial charge in [0.15, 0.2) is 0 Å². The molecule has 2 aliphatic carbocycles. The fourth-order valence-electron chi connectivity index (χ4n) is 3.17. The molecule has 3 rings (SSSR count). The van der Waals surface area contributed by atoms with Crippen LogP contribution in [0.4, 0.5) is 4.39 Å². The predicted molar refractivity (Wildman–Crippen MR) is 72.5 cm³/mol. The number of rotatable bonds is 4. The molecule has 0 unspecified atom stereocenters. The lowest BCUT2D eigenvalue weighted by Gasteiger charge is -2.29. The number of nitrogens with one attached hydrogen (secondary N) is 1. The molecule has 0 saturated heterocycles. The molecule has 2 saturated carbocycles. The van der Waals surface area contributed by atoms with Crippen molar-refractivity contribution in [1.29, 1.82) is 0 Å². The van der Waals surface area contributed by atoms with E-state index in [2.05, 4.69) is 29.6 Å². The van der Waals surface area contributed by atoms with Gasteiger partial charge in [-0.3, -0.25) is 0 Å². The van der Waals surface area contributed by atoms with Gasteiger partial charge >= 0.3 is 0 Å². The summed E-state index contributed by atoms with van der Waals surface area (Å²) < 4.78 is 14.4. The molecule has 2 heteroatoms. The van der Waals surface area contributed by atoms with E-state index in [1.807, 2.05) is 6.07 Å². The van der Waals surface area contributed by atoms with Gasteiger partial charge in [0.2, 0.25) is 0 Å². The Kier molecular flexibility index (Phi) is 3.38.